The molecule has 0 aromatic carbocycles. The van der Waals surface area contributed by atoms with Crippen LogP contribution in [-0.2, 0) is 14.6 Å². The normalized spacial score (nSPS) is 7.32. The monoisotopic (exact) mass is 1310 g/mol. The molecule has 15 heteroatoms. The predicted molar refractivity (Wildman–Crippen MR) is 27.3 cm³/mol. The molecule has 0 aliphatic rings. The van der Waals surface area contributed by atoms with E-state index in [4.69, 9.17) is 9.90 Å². The molecule has 4 nitrogen and oxygen atoms in total. The summed E-state index contributed by atoms with van der Waals surface area (Å²) in [7, 11) is 0. The Morgan fingerprint density at radius 1 is 0.789 bits per heavy atom. The van der Waals surface area contributed by atoms with E-state index >= 15 is 0 Å². The second-order valence-electron chi connectivity index (χ2n) is 0.936. The minimum atomic E-state index is -2.67. The van der Waals surface area contributed by atoms with E-state index in [1.807, 2.05) is 0 Å². The van der Waals surface area contributed by atoms with Crippen LogP contribution in [0.25, 0.3) is 0 Å². The topological polar surface area (TPSA) is 55.8 Å². The molecular weight excluding hydrogens is 1310 g/mol. The van der Waals surface area contributed by atoms with E-state index in [1.54, 1.807) is 0 Å². The summed E-state index contributed by atoms with van der Waals surface area (Å²) in [6.07, 6.45) is 0. The zero-order valence-electron chi connectivity index (χ0n) is 9.15. The van der Waals surface area contributed by atoms with E-state index in [9.17, 15) is 30.7 Å². The van der Waals surface area contributed by atoms with Crippen LogP contribution in [0, 0.1) is 19.8 Å². The number of aliphatic hydroxyl groups is 1. The first-order valence-electron chi connectivity index (χ1n) is 2.33. The van der Waals surface area contributed by atoms with E-state index in [1.165, 1.54) is 0 Å². The largest absolute Gasteiger partial charge is 0.507 e. The van der Waals surface area contributed by atoms with Gasteiger partial charge in [0.15, 0.2) is 0 Å². The summed E-state index contributed by atoms with van der Waals surface area (Å²) in [5.41, 5.74) is 0. The average molecular weight is 1310 g/mol. The van der Waals surface area contributed by atoms with Crippen molar-refractivity contribution in [2.24, 2.45) is 0 Å². The van der Waals surface area contributed by atoms with Gasteiger partial charge in [0.1, 0.15) is 19.8 Å². The Hall–Kier alpha value is -4.94. The maximum atomic E-state index is 10.6. The smallest absolute Gasteiger partial charge is 0.146 e. The third-order valence-electron chi connectivity index (χ3n) is 0.168. The molecule has 0 aliphatic heterocycles. The molecule has 1 N–H and O–H groups in total. The van der Waals surface area contributed by atoms with Crippen molar-refractivity contribution in [3.8, 4) is 0 Å². The molecule has 0 heterocycles. The summed E-state index contributed by atoms with van der Waals surface area (Å²) in [4.78, 5) is 13.2. The van der Waals surface area contributed by atoms with Gasteiger partial charge in [0.05, 0.1) is 0 Å². The van der Waals surface area contributed by atoms with Crippen molar-refractivity contribution in [1.29, 1.82) is 0 Å². The SMILES string of the molecule is F[C-](F)OO[C-](F)F.O=[C-]F.O[C-](F)F.[Rf].[Rf].[Rf].[Rf]. The third kappa shape index (κ3) is 444000. The first-order chi connectivity index (χ1) is 6.77. The average Bonchev–Trinajstić information content (AvgIpc) is 2.01. The van der Waals surface area contributed by atoms with Crippen molar-refractivity contribution in [3.63, 3.8) is 0 Å². The fourth-order valence-electron chi connectivity index (χ4n) is 0.0630. The van der Waals surface area contributed by atoms with Crippen LogP contribution >= 0.6 is 0 Å². The third-order valence-corrected chi connectivity index (χ3v) is 0.168. The molecule has 0 aliphatic carbocycles. The molecule has 0 atom stereocenters. The second kappa shape index (κ2) is 38.1. The van der Waals surface area contributed by atoms with Crippen LogP contribution in [-0.4, -0.2) is 11.6 Å². The Bertz CT molecular complexity index is 125. The van der Waals surface area contributed by atoms with Crippen LogP contribution in [0.5, 0.6) is 0 Å². The van der Waals surface area contributed by atoms with Crippen LogP contribution in [0.4, 0.5) is 30.7 Å². The van der Waals surface area contributed by atoms with E-state index < -0.39 is 19.8 Å². The Morgan fingerprint density at radius 2 is 0.895 bits per heavy atom. The molecule has 0 aromatic rings. The van der Waals surface area contributed by atoms with Gasteiger partial charge >= 0.3 is 0 Å². The van der Waals surface area contributed by atoms with Crippen LogP contribution < -0.4 is 0 Å². The quantitative estimate of drug-likeness (QED) is 0.156. The molecule has 0 rings (SSSR count). The number of aliphatic hydroxyl groups excluding tert-OH is 1. The second-order valence-corrected chi connectivity index (χ2v) is 0.936. The maximum Gasteiger partial charge on any atom is 0.146 e. The van der Waals surface area contributed by atoms with Gasteiger partial charge in [0, 0.05) is 0 Å². The predicted octanol–water partition coefficient (Wildman–Crippen LogP) is 2.47. The van der Waals surface area contributed by atoms with Gasteiger partial charge in [-0.2, -0.15) is 0 Å². The van der Waals surface area contributed by atoms with Crippen molar-refractivity contribution < 1.29 is 50.4 Å². The van der Waals surface area contributed by atoms with Crippen molar-refractivity contribution in [2.45, 2.75) is 0 Å². The summed E-state index contributed by atoms with van der Waals surface area (Å²) in [5, 5.41) is 6.64. The van der Waals surface area contributed by atoms with Crippen molar-refractivity contribution in [1.82, 2.24) is 0 Å². The van der Waals surface area contributed by atoms with E-state index in [2.05, 4.69) is 9.78 Å². The minimum absolute atomic E-state index is 0. The molecule has 0 bridgehead atoms. The molecule has 102 valence electrons. The molecule has 0 unspecified atom stereocenters. The number of hydrogen-bond acceptors (Lipinski definition) is 4. The Balaban J connectivity index is -0.0000000231. The first-order valence-corrected chi connectivity index (χ1v) is 2.33. The molecule has 0 amide bonds. The summed E-state index contributed by atoms with van der Waals surface area (Å²) in [6.45, 7) is -7.92. The fraction of sp³-hybridized carbons (Fsp3) is 0. The Labute approximate surface area is 78.1 Å². The number of halogens is 7. The van der Waals surface area contributed by atoms with E-state index in [0.717, 1.165) is 0 Å². The van der Waals surface area contributed by atoms with Gasteiger partial charge in [-0.3, -0.25) is 0 Å². The van der Waals surface area contributed by atoms with Crippen molar-refractivity contribution in [3.05, 3.63) is 19.8 Å². The molecule has 0 fully saturated rings. The molecular formula is C4HF7O4Rf4-4. The van der Waals surface area contributed by atoms with Crippen molar-refractivity contribution >= 4 is 6.54 Å². The van der Waals surface area contributed by atoms with Gasteiger partial charge < -0.3 is 50.4 Å². The van der Waals surface area contributed by atoms with Gasteiger partial charge in [-0.25, -0.2) is 0 Å². The zero-order chi connectivity index (χ0) is 12.9. The van der Waals surface area contributed by atoms with Crippen LogP contribution in [0.1, 0.15) is 0 Å². The molecule has 0 radical (unpaired) electrons. The summed E-state index contributed by atoms with van der Waals surface area (Å²) >= 11 is 0. The Kier molecular flexibility index (Phi) is 96.5. The molecule has 19 heavy (non-hydrogen) atoms. The summed E-state index contributed by atoms with van der Waals surface area (Å²) < 4.78 is 71.6. The fourth-order valence-corrected chi connectivity index (χ4v) is 0.0630. The van der Waals surface area contributed by atoms with Crippen LogP contribution in [0.15, 0.2) is 0 Å². The molecule has 0 spiro atoms. The van der Waals surface area contributed by atoms with Crippen molar-refractivity contribution in [2.75, 3.05) is 0 Å². The van der Waals surface area contributed by atoms with Gasteiger partial charge in [0.2, 0.25) is 0 Å². The zero-order valence-corrected chi connectivity index (χ0v) is 34.7. The molecule has 0 saturated carbocycles. The van der Waals surface area contributed by atoms with Crippen LogP contribution in [0.2, 0.25) is 0 Å². The van der Waals surface area contributed by atoms with Crippen LogP contribution in [0.3, 0.4) is 0 Å². The standard InChI is InChI=1S/C2F4O2.CHF2O.CFO.4Rf/c3-1(4)7-8-2(5)6;2-1(3)4;2-1-3;;;;/h;4H;;;;;/q-2;2*-1;;;;. The summed E-state index contributed by atoms with van der Waals surface area (Å²) in [5.74, 6) is 0. The summed E-state index contributed by atoms with van der Waals surface area (Å²) in [6, 6.07) is 0. The Morgan fingerprint density at radius 3 is 0.947 bits per heavy atom. The van der Waals surface area contributed by atoms with Gasteiger partial charge in [-0.1, -0.05) is 6.54 Å². The van der Waals surface area contributed by atoms with Gasteiger partial charge in [-0.15, -0.1) is 0 Å². The number of hydrogen-bond donors (Lipinski definition) is 1. The number of carbonyl (C=O) groups excluding carboxylic acids is 1. The maximum absolute atomic E-state index is 10.6. The first kappa shape index (κ1) is 48.1. The van der Waals surface area contributed by atoms with Gasteiger partial charge in [-0.05, 0) is 0 Å². The molecule has 0 aromatic heterocycles. The number of rotatable bonds is 3. The molecule has 0 saturated heterocycles. The minimum Gasteiger partial charge on any atom is -0.507 e. The van der Waals surface area contributed by atoms with Gasteiger partial charge in [0.25, 0.3) is 0 Å². The van der Waals surface area contributed by atoms with E-state index in [-0.39, 0.29) is 6.54 Å². The van der Waals surface area contributed by atoms with E-state index in [0.29, 0.717) is 0 Å².